The monoisotopic (exact) mass is 451 g/mol. The minimum absolute atomic E-state index is 0.139. The number of amides is 2. The third-order valence-corrected chi connectivity index (χ3v) is 6.54. The van der Waals surface area contributed by atoms with Crippen LogP contribution in [0.5, 0.6) is 0 Å². The molecule has 0 spiro atoms. The molecule has 0 atom stereocenters. The van der Waals surface area contributed by atoms with Crippen LogP contribution in [0.1, 0.15) is 12.5 Å². The highest BCUT2D eigenvalue weighted by molar-refractivity contribution is 7.89. The summed E-state index contributed by atoms with van der Waals surface area (Å²) in [7, 11) is -3.85. The summed E-state index contributed by atoms with van der Waals surface area (Å²) in [6.07, 6.45) is 0.478. The Bertz CT molecular complexity index is 1150. The molecule has 0 saturated carbocycles. The molecule has 3 rings (SSSR count). The van der Waals surface area contributed by atoms with Crippen LogP contribution in [0.4, 0.5) is 11.4 Å². The first-order chi connectivity index (χ1) is 15.3. The van der Waals surface area contributed by atoms with Crippen LogP contribution >= 0.6 is 0 Å². The minimum atomic E-state index is -3.85. The van der Waals surface area contributed by atoms with Crippen molar-refractivity contribution >= 4 is 33.2 Å². The Morgan fingerprint density at radius 2 is 1.31 bits per heavy atom. The van der Waals surface area contributed by atoms with Crippen LogP contribution in [0.25, 0.3) is 0 Å². The van der Waals surface area contributed by atoms with E-state index in [2.05, 4.69) is 10.6 Å². The van der Waals surface area contributed by atoms with E-state index in [1.165, 1.54) is 23.4 Å². The predicted octanol–water partition coefficient (Wildman–Crippen LogP) is 3.52. The normalized spacial score (nSPS) is 11.2. The topological polar surface area (TPSA) is 95.6 Å². The lowest BCUT2D eigenvalue weighted by molar-refractivity contribution is -0.116. The van der Waals surface area contributed by atoms with Crippen LogP contribution in [0.2, 0.25) is 0 Å². The Morgan fingerprint density at radius 1 is 0.781 bits per heavy atom. The van der Waals surface area contributed by atoms with E-state index in [0.29, 0.717) is 17.8 Å². The van der Waals surface area contributed by atoms with Crippen molar-refractivity contribution in [3.05, 3.63) is 90.5 Å². The van der Waals surface area contributed by atoms with E-state index < -0.39 is 15.9 Å². The number of rotatable bonds is 9. The lowest BCUT2D eigenvalue weighted by Gasteiger charge is -2.22. The fourth-order valence-electron chi connectivity index (χ4n) is 3.13. The molecule has 0 heterocycles. The second-order valence-corrected chi connectivity index (χ2v) is 9.13. The molecule has 32 heavy (non-hydrogen) atoms. The lowest BCUT2D eigenvalue weighted by atomic mass is 10.1. The van der Waals surface area contributed by atoms with Gasteiger partial charge in [-0.15, -0.1) is 0 Å². The fraction of sp³-hybridized carbons (Fsp3) is 0.167. The smallest absolute Gasteiger partial charge is 0.243 e. The number of hydrogen-bond acceptors (Lipinski definition) is 4. The number of carbonyl (C=O) groups excluding carboxylic acids is 2. The fourth-order valence-corrected chi connectivity index (χ4v) is 4.54. The molecule has 0 unspecified atom stereocenters. The molecular formula is C24H25N3O4S. The zero-order valence-electron chi connectivity index (χ0n) is 17.7. The average Bonchev–Trinajstić information content (AvgIpc) is 2.79. The molecule has 166 valence electrons. The molecule has 7 nitrogen and oxygen atoms in total. The number of benzene rings is 3. The Labute approximate surface area is 188 Å². The lowest BCUT2D eigenvalue weighted by Crippen LogP contribution is -2.39. The van der Waals surface area contributed by atoms with Crippen molar-refractivity contribution in [2.75, 3.05) is 23.7 Å². The van der Waals surface area contributed by atoms with E-state index in [4.69, 9.17) is 0 Å². The summed E-state index contributed by atoms with van der Waals surface area (Å²) < 4.78 is 27.6. The maximum atomic E-state index is 13.2. The largest absolute Gasteiger partial charge is 0.326 e. The number of nitrogens with one attached hydrogen (secondary N) is 2. The van der Waals surface area contributed by atoms with Crippen molar-refractivity contribution in [2.24, 2.45) is 0 Å². The average molecular weight is 452 g/mol. The van der Waals surface area contributed by atoms with Gasteiger partial charge in [-0.2, -0.15) is 4.31 Å². The van der Waals surface area contributed by atoms with E-state index in [1.807, 2.05) is 30.3 Å². The molecule has 8 heteroatoms. The molecule has 0 saturated heterocycles. The summed E-state index contributed by atoms with van der Waals surface area (Å²) in [6, 6.07) is 24.2. The second kappa shape index (κ2) is 10.7. The second-order valence-electron chi connectivity index (χ2n) is 7.19. The molecule has 0 aliphatic rings. The van der Waals surface area contributed by atoms with E-state index in [-0.39, 0.29) is 23.9 Å². The quantitative estimate of drug-likeness (QED) is 0.520. The van der Waals surface area contributed by atoms with Gasteiger partial charge in [0.1, 0.15) is 0 Å². The van der Waals surface area contributed by atoms with Gasteiger partial charge in [0.05, 0.1) is 11.4 Å². The number of anilines is 2. The summed E-state index contributed by atoms with van der Waals surface area (Å²) >= 11 is 0. The maximum absolute atomic E-state index is 13.2. The summed E-state index contributed by atoms with van der Waals surface area (Å²) in [5.74, 6) is -0.646. The predicted molar refractivity (Wildman–Crippen MR) is 125 cm³/mol. The van der Waals surface area contributed by atoms with Crippen molar-refractivity contribution in [1.29, 1.82) is 0 Å². The Hall–Kier alpha value is -3.49. The standard InChI is InChI=1S/C24H25N3O4S/c1-19(28)25-21-12-14-22(15-13-21)26-24(29)18-27(17-16-20-8-4-2-5-9-20)32(30,31)23-10-6-3-7-11-23/h2-15H,16-18H2,1H3,(H,25,28)(H,26,29). The van der Waals surface area contributed by atoms with Crippen molar-refractivity contribution in [2.45, 2.75) is 18.2 Å². The van der Waals surface area contributed by atoms with Crippen LogP contribution in [0.15, 0.2) is 89.8 Å². The van der Waals surface area contributed by atoms with Gasteiger partial charge in [-0.05, 0) is 48.4 Å². The minimum Gasteiger partial charge on any atom is -0.326 e. The molecule has 3 aromatic carbocycles. The first kappa shape index (κ1) is 23.2. The molecule has 3 aromatic rings. The number of sulfonamides is 1. The Balaban J connectivity index is 1.74. The maximum Gasteiger partial charge on any atom is 0.243 e. The highest BCUT2D eigenvalue weighted by Gasteiger charge is 2.26. The third kappa shape index (κ3) is 6.50. The van der Waals surface area contributed by atoms with Gasteiger partial charge in [0, 0.05) is 24.8 Å². The molecule has 0 aromatic heterocycles. The Kier molecular flexibility index (Phi) is 7.75. The Morgan fingerprint density at radius 3 is 1.88 bits per heavy atom. The molecule has 0 radical (unpaired) electrons. The highest BCUT2D eigenvalue weighted by Crippen LogP contribution is 2.17. The molecule has 2 amide bonds. The molecule has 0 aliphatic carbocycles. The van der Waals surface area contributed by atoms with Gasteiger partial charge in [-0.25, -0.2) is 8.42 Å². The molecule has 2 N–H and O–H groups in total. The zero-order valence-corrected chi connectivity index (χ0v) is 18.5. The molecular weight excluding hydrogens is 426 g/mol. The van der Waals surface area contributed by atoms with E-state index >= 15 is 0 Å². The van der Waals surface area contributed by atoms with Crippen molar-refractivity contribution in [3.8, 4) is 0 Å². The summed E-state index contributed by atoms with van der Waals surface area (Å²) in [6.45, 7) is 1.25. The van der Waals surface area contributed by atoms with Crippen LogP contribution in [-0.2, 0) is 26.0 Å². The number of carbonyl (C=O) groups is 2. The van der Waals surface area contributed by atoms with Crippen molar-refractivity contribution < 1.29 is 18.0 Å². The third-order valence-electron chi connectivity index (χ3n) is 4.68. The van der Waals surface area contributed by atoms with Gasteiger partial charge in [0.15, 0.2) is 0 Å². The van der Waals surface area contributed by atoms with Crippen LogP contribution in [0.3, 0.4) is 0 Å². The van der Waals surface area contributed by atoms with Gasteiger partial charge < -0.3 is 10.6 Å². The van der Waals surface area contributed by atoms with Gasteiger partial charge in [-0.3, -0.25) is 9.59 Å². The van der Waals surface area contributed by atoms with Gasteiger partial charge in [0.25, 0.3) is 0 Å². The highest BCUT2D eigenvalue weighted by atomic mass is 32.2. The number of hydrogen-bond donors (Lipinski definition) is 2. The van der Waals surface area contributed by atoms with E-state index in [0.717, 1.165) is 5.56 Å². The van der Waals surface area contributed by atoms with Crippen LogP contribution in [0, 0.1) is 0 Å². The SMILES string of the molecule is CC(=O)Nc1ccc(NC(=O)CN(CCc2ccccc2)S(=O)(=O)c2ccccc2)cc1. The summed E-state index contributed by atoms with van der Waals surface area (Å²) in [5.41, 5.74) is 2.09. The summed E-state index contributed by atoms with van der Waals surface area (Å²) in [4.78, 5) is 24.0. The van der Waals surface area contributed by atoms with Crippen LogP contribution < -0.4 is 10.6 Å². The van der Waals surface area contributed by atoms with Crippen molar-refractivity contribution in [1.82, 2.24) is 4.31 Å². The van der Waals surface area contributed by atoms with Gasteiger partial charge >= 0.3 is 0 Å². The first-order valence-electron chi connectivity index (χ1n) is 10.1. The van der Waals surface area contributed by atoms with E-state index in [1.54, 1.807) is 42.5 Å². The molecule has 0 aliphatic heterocycles. The molecule has 0 bridgehead atoms. The first-order valence-corrected chi connectivity index (χ1v) is 11.6. The van der Waals surface area contributed by atoms with Gasteiger partial charge in [0.2, 0.25) is 21.8 Å². The number of nitrogens with zero attached hydrogens (tertiary/aromatic N) is 1. The summed E-state index contributed by atoms with van der Waals surface area (Å²) in [5, 5.41) is 5.37. The van der Waals surface area contributed by atoms with Crippen molar-refractivity contribution in [3.63, 3.8) is 0 Å². The van der Waals surface area contributed by atoms with Crippen LogP contribution in [-0.4, -0.2) is 37.6 Å². The molecule has 0 fully saturated rings. The van der Waals surface area contributed by atoms with Gasteiger partial charge in [-0.1, -0.05) is 48.5 Å². The zero-order chi connectivity index (χ0) is 23.0. The van der Waals surface area contributed by atoms with E-state index in [9.17, 15) is 18.0 Å².